The smallest absolute Gasteiger partial charge is 0.302 e. The van der Waals surface area contributed by atoms with E-state index in [1.54, 1.807) is 0 Å². The minimum absolute atomic E-state index is 0.172. The Kier molecular flexibility index (Phi) is 6.47. The second-order valence-electron chi connectivity index (χ2n) is 4.32. The summed E-state index contributed by atoms with van der Waals surface area (Å²) in [6.07, 6.45) is 1.65. The van der Waals surface area contributed by atoms with Crippen LogP contribution in [0.15, 0.2) is 0 Å². The van der Waals surface area contributed by atoms with Crippen molar-refractivity contribution in [2.24, 2.45) is 0 Å². The van der Waals surface area contributed by atoms with Gasteiger partial charge in [0.25, 0.3) is 0 Å². The van der Waals surface area contributed by atoms with Crippen LogP contribution < -0.4 is 0 Å². The lowest BCUT2D eigenvalue weighted by molar-refractivity contribution is -0.166. The molecule has 0 aliphatic carbocycles. The lowest BCUT2D eigenvalue weighted by Gasteiger charge is -2.33. The van der Waals surface area contributed by atoms with E-state index in [2.05, 4.69) is 6.92 Å². The summed E-state index contributed by atoms with van der Waals surface area (Å²) in [5, 5.41) is 9.71. The van der Waals surface area contributed by atoms with Crippen LogP contribution in [-0.2, 0) is 19.0 Å². The van der Waals surface area contributed by atoms with Crippen molar-refractivity contribution in [3.63, 3.8) is 0 Å². The highest BCUT2D eigenvalue weighted by Crippen LogP contribution is 2.18. The van der Waals surface area contributed by atoms with Crippen LogP contribution in [0, 0.1) is 0 Å². The van der Waals surface area contributed by atoms with Gasteiger partial charge < -0.3 is 19.3 Å². The molecule has 1 aliphatic heterocycles. The maximum atomic E-state index is 10.7. The van der Waals surface area contributed by atoms with Crippen molar-refractivity contribution < 1.29 is 24.1 Å². The molecule has 0 saturated carbocycles. The molecule has 3 atom stereocenters. The summed E-state index contributed by atoms with van der Waals surface area (Å²) in [6.45, 7) is 4.58. The molecule has 1 rings (SSSR count). The van der Waals surface area contributed by atoms with Crippen molar-refractivity contribution >= 4 is 5.97 Å². The predicted octanol–water partition coefficient (Wildman–Crippen LogP) is 0.885. The van der Waals surface area contributed by atoms with Gasteiger partial charge in [-0.3, -0.25) is 4.79 Å². The molecule has 5 nitrogen and oxygen atoms in total. The van der Waals surface area contributed by atoms with Crippen LogP contribution in [0.3, 0.4) is 0 Å². The molecule has 0 aromatic heterocycles. The number of carbonyl (C=O) groups is 1. The molecule has 0 amide bonds. The van der Waals surface area contributed by atoms with Gasteiger partial charge in [-0.1, -0.05) is 13.3 Å². The number of ether oxygens (including phenoxy) is 3. The Morgan fingerprint density at radius 2 is 2.29 bits per heavy atom. The normalized spacial score (nSPS) is 29.0. The van der Waals surface area contributed by atoms with Crippen molar-refractivity contribution in [1.82, 2.24) is 0 Å². The van der Waals surface area contributed by atoms with Gasteiger partial charge in [0.2, 0.25) is 0 Å². The van der Waals surface area contributed by atoms with Crippen molar-refractivity contribution in [2.45, 2.75) is 51.4 Å². The fourth-order valence-corrected chi connectivity index (χ4v) is 1.71. The van der Waals surface area contributed by atoms with Gasteiger partial charge in [0.1, 0.15) is 12.7 Å². The summed E-state index contributed by atoms with van der Waals surface area (Å²) in [4.78, 5) is 10.7. The number of aliphatic hydroxyl groups is 1. The SMILES string of the molecule is CCCCO[C@H]1C[C@@H](COC(C)=O)OC[C@H]1O. The minimum Gasteiger partial charge on any atom is -0.463 e. The summed E-state index contributed by atoms with van der Waals surface area (Å²) in [6, 6.07) is 0. The van der Waals surface area contributed by atoms with Gasteiger partial charge in [-0.25, -0.2) is 0 Å². The average molecular weight is 246 g/mol. The van der Waals surface area contributed by atoms with Gasteiger partial charge in [-0.2, -0.15) is 0 Å². The summed E-state index contributed by atoms with van der Waals surface area (Å²) < 4.78 is 15.9. The van der Waals surface area contributed by atoms with E-state index in [4.69, 9.17) is 14.2 Å². The topological polar surface area (TPSA) is 65.0 Å². The number of hydrogen-bond acceptors (Lipinski definition) is 5. The monoisotopic (exact) mass is 246 g/mol. The molecule has 0 unspecified atom stereocenters. The molecule has 1 aliphatic rings. The van der Waals surface area contributed by atoms with E-state index in [9.17, 15) is 9.90 Å². The molecule has 0 aromatic rings. The van der Waals surface area contributed by atoms with Crippen LogP contribution in [0.4, 0.5) is 0 Å². The second kappa shape index (κ2) is 7.63. The van der Waals surface area contributed by atoms with Crippen molar-refractivity contribution in [1.29, 1.82) is 0 Å². The molecule has 1 N–H and O–H groups in total. The van der Waals surface area contributed by atoms with Gasteiger partial charge in [-0.15, -0.1) is 0 Å². The highest BCUT2D eigenvalue weighted by molar-refractivity contribution is 5.65. The lowest BCUT2D eigenvalue weighted by atomic mass is 10.0. The second-order valence-corrected chi connectivity index (χ2v) is 4.32. The average Bonchev–Trinajstić information content (AvgIpc) is 2.30. The first-order valence-corrected chi connectivity index (χ1v) is 6.18. The molecular formula is C12H22O5. The van der Waals surface area contributed by atoms with Crippen LogP contribution >= 0.6 is 0 Å². The van der Waals surface area contributed by atoms with E-state index in [0.717, 1.165) is 12.8 Å². The van der Waals surface area contributed by atoms with Gasteiger partial charge in [0.15, 0.2) is 0 Å². The zero-order valence-electron chi connectivity index (χ0n) is 10.6. The number of aliphatic hydroxyl groups excluding tert-OH is 1. The molecule has 5 heteroatoms. The number of rotatable bonds is 6. The maximum Gasteiger partial charge on any atom is 0.302 e. The number of unbranched alkanes of at least 4 members (excludes halogenated alkanes) is 1. The molecule has 0 radical (unpaired) electrons. The predicted molar refractivity (Wildman–Crippen MR) is 61.6 cm³/mol. The zero-order valence-corrected chi connectivity index (χ0v) is 10.6. The third kappa shape index (κ3) is 5.48. The van der Waals surface area contributed by atoms with E-state index in [-0.39, 0.29) is 31.4 Å². The van der Waals surface area contributed by atoms with Crippen LogP contribution in [-0.4, -0.2) is 49.2 Å². The first-order chi connectivity index (χ1) is 8.13. The van der Waals surface area contributed by atoms with Crippen LogP contribution in [0.5, 0.6) is 0 Å². The number of esters is 1. The number of hydrogen-bond donors (Lipinski definition) is 1. The van der Waals surface area contributed by atoms with Gasteiger partial charge in [0, 0.05) is 20.0 Å². The first kappa shape index (κ1) is 14.4. The maximum absolute atomic E-state index is 10.7. The molecule has 1 heterocycles. The summed E-state index contributed by atoms with van der Waals surface area (Å²) in [5.74, 6) is -0.317. The third-order valence-electron chi connectivity index (χ3n) is 2.73. The van der Waals surface area contributed by atoms with Crippen LogP contribution in [0.1, 0.15) is 33.1 Å². The van der Waals surface area contributed by atoms with E-state index in [0.29, 0.717) is 13.0 Å². The Morgan fingerprint density at radius 3 is 2.94 bits per heavy atom. The Balaban J connectivity index is 2.28. The molecule has 17 heavy (non-hydrogen) atoms. The van der Waals surface area contributed by atoms with Crippen molar-refractivity contribution in [2.75, 3.05) is 19.8 Å². The van der Waals surface area contributed by atoms with Crippen molar-refractivity contribution in [3.8, 4) is 0 Å². The Hall–Kier alpha value is -0.650. The van der Waals surface area contributed by atoms with E-state index in [1.807, 2.05) is 0 Å². The van der Waals surface area contributed by atoms with Gasteiger partial charge in [0.05, 0.1) is 18.8 Å². The van der Waals surface area contributed by atoms with E-state index in [1.165, 1.54) is 6.92 Å². The van der Waals surface area contributed by atoms with Crippen LogP contribution in [0.25, 0.3) is 0 Å². The highest BCUT2D eigenvalue weighted by atomic mass is 16.6. The third-order valence-corrected chi connectivity index (χ3v) is 2.73. The summed E-state index contributed by atoms with van der Waals surface area (Å²) in [7, 11) is 0. The quantitative estimate of drug-likeness (QED) is 0.557. The minimum atomic E-state index is -0.583. The molecular weight excluding hydrogens is 224 g/mol. The Labute approximate surface area is 102 Å². The Bertz CT molecular complexity index is 231. The fourth-order valence-electron chi connectivity index (χ4n) is 1.71. The van der Waals surface area contributed by atoms with Crippen LogP contribution in [0.2, 0.25) is 0 Å². The van der Waals surface area contributed by atoms with Gasteiger partial charge in [-0.05, 0) is 6.42 Å². The zero-order chi connectivity index (χ0) is 12.7. The molecule has 0 spiro atoms. The lowest BCUT2D eigenvalue weighted by Crippen LogP contribution is -2.44. The summed E-state index contributed by atoms with van der Waals surface area (Å²) in [5.41, 5.74) is 0. The van der Waals surface area contributed by atoms with E-state index < -0.39 is 6.10 Å². The number of carbonyl (C=O) groups excluding carboxylic acids is 1. The van der Waals surface area contributed by atoms with Crippen molar-refractivity contribution in [3.05, 3.63) is 0 Å². The van der Waals surface area contributed by atoms with E-state index >= 15 is 0 Å². The first-order valence-electron chi connectivity index (χ1n) is 6.18. The largest absolute Gasteiger partial charge is 0.463 e. The fraction of sp³-hybridized carbons (Fsp3) is 0.917. The summed E-state index contributed by atoms with van der Waals surface area (Å²) >= 11 is 0. The van der Waals surface area contributed by atoms with Gasteiger partial charge >= 0.3 is 5.97 Å². The standard InChI is InChI=1S/C12H22O5/c1-3-4-5-15-12-6-10(7-16-9(2)13)17-8-11(12)14/h10-12,14H,3-8H2,1-2H3/t10-,11+,12-/m0/s1. The molecule has 0 bridgehead atoms. The molecule has 1 saturated heterocycles. The molecule has 1 fully saturated rings. The molecule has 0 aromatic carbocycles. The highest BCUT2D eigenvalue weighted by Gasteiger charge is 2.31. The Morgan fingerprint density at radius 1 is 1.53 bits per heavy atom. The molecule has 100 valence electrons.